The van der Waals surface area contributed by atoms with Crippen molar-refractivity contribution in [2.24, 2.45) is 0 Å². The number of anilines is 1. The summed E-state index contributed by atoms with van der Waals surface area (Å²) < 4.78 is 28.9. The van der Waals surface area contributed by atoms with Gasteiger partial charge in [0.15, 0.2) is 0 Å². The van der Waals surface area contributed by atoms with Gasteiger partial charge in [0.05, 0.1) is 10.6 Å². The van der Waals surface area contributed by atoms with Gasteiger partial charge in [-0.2, -0.15) is 0 Å². The van der Waals surface area contributed by atoms with Gasteiger partial charge in [0.1, 0.15) is 12.6 Å². The van der Waals surface area contributed by atoms with Gasteiger partial charge in [-0.25, -0.2) is 8.42 Å². The van der Waals surface area contributed by atoms with E-state index in [1.807, 2.05) is 50.2 Å². The lowest BCUT2D eigenvalue weighted by Gasteiger charge is -2.32. The van der Waals surface area contributed by atoms with Gasteiger partial charge < -0.3 is 10.2 Å². The van der Waals surface area contributed by atoms with Crippen LogP contribution in [0.3, 0.4) is 0 Å². The van der Waals surface area contributed by atoms with Crippen LogP contribution in [0.15, 0.2) is 83.8 Å². The normalized spacial score (nSPS) is 14.5. The average Bonchev–Trinajstić information content (AvgIpc) is 3.47. The van der Waals surface area contributed by atoms with E-state index in [1.165, 1.54) is 17.0 Å². The molecule has 3 aromatic carbocycles. The molecule has 2 amide bonds. The fourth-order valence-electron chi connectivity index (χ4n) is 5.13. The Labute approximate surface area is 238 Å². The van der Waals surface area contributed by atoms with Gasteiger partial charge in [-0.1, -0.05) is 79.9 Å². The highest BCUT2D eigenvalue weighted by Crippen LogP contribution is 2.25. The number of hydrogen-bond donors (Lipinski definition) is 1. The molecule has 4 rings (SSSR count). The van der Waals surface area contributed by atoms with Crippen LogP contribution in [0.25, 0.3) is 0 Å². The van der Waals surface area contributed by atoms with Crippen molar-refractivity contribution in [3.63, 3.8) is 0 Å². The molecule has 7 nitrogen and oxygen atoms in total. The van der Waals surface area contributed by atoms with Crippen LogP contribution < -0.4 is 9.62 Å². The summed E-state index contributed by atoms with van der Waals surface area (Å²) in [5.41, 5.74) is 3.37. The maximum atomic E-state index is 14.0. The molecule has 1 saturated carbocycles. The topological polar surface area (TPSA) is 86.8 Å². The number of nitrogens with zero attached hydrogens (tertiary/aromatic N) is 2. The lowest BCUT2D eigenvalue weighted by atomic mass is 10.1. The molecule has 0 bridgehead atoms. The SMILES string of the molecule is CCc1ccc(N(CC(=O)N(Cc2cccc(C)c2)[C@@H](C)C(=O)NC2CCCC2)S(=O)(=O)c2ccccc2)cc1. The molecular formula is C32H39N3O4S. The molecule has 0 aliphatic heterocycles. The van der Waals surface area contributed by atoms with Crippen molar-refractivity contribution in [2.75, 3.05) is 10.8 Å². The number of nitrogens with one attached hydrogen (secondary N) is 1. The van der Waals surface area contributed by atoms with Crippen LogP contribution in [0.1, 0.15) is 56.2 Å². The average molecular weight is 562 g/mol. The first-order chi connectivity index (χ1) is 19.2. The molecule has 212 valence electrons. The minimum absolute atomic E-state index is 0.0969. The number of amides is 2. The summed E-state index contributed by atoms with van der Waals surface area (Å²) in [7, 11) is -4.06. The molecular weight excluding hydrogens is 522 g/mol. The lowest BCUT2D eigenvalue weighted by Crippen LogP contribution is -2.52. The van der Waals surface area contributed by atoms with Crippen molar-refractivity contribution in [1.82, 2.24) is 10.2 Å². The van der Waals surface area contributed by atoms with Crippen LogP contribution in [-0.2, 0) is 32.6 Å². The Morgan fingerprint density at radius 3 is 2.23 bits per heavy atom. The van der Waals surface area contributed by atoms with Crippen molar-refractivity contribution in [1.29, 1.82) is 0 Å². The van der Waals surface area contributed by atoms with Crippen LogP contribution in [0.5, 0.6) is 0 Å². The Morgan fingerprint density at radius 1 is 0.925 bits per heavy atom. The molecule has 8 heteroatoms. The molecule has 1 aliphatic carbocycles. The zero-order chi connectivity index (χ0) is 28.7. The van der Waals surface area contributed by atoms with E-state index >= 15 is 0 Å². The summed E-state index contributed by atoms with van der Waals surface area (Å²) in [6, 6.07) is 22.4. The van der Waals surface area contributed by atoms with Crippen LogP contribution in [-0.4, -0.2) is 43.8 Å². The van der Waals surface area contributed by atoms with E-state index in [0.29, 0.717) is 5.69 Å². The summed E-state index contributed by atoms with van der Waals surface area (Å²) in [4.78, 5) is 28.9. The molecule has 0 unspecified atom stereocenters. The van der Waals surface area contributed by atoms with E-state index in [-0.39, 0.29) is 23.4 Å². The number of rotatable bonds is 11. The summed E-state index contributed by atoms with van der Waals surface area (Å²) in [5.74, 6) is -0.674. The molecule has 0 saturated heterocycles. The van der Waals surface area contributed by atoms with Crippen molar-refractivity contribution in [3.05, 3.63) is 95.6 Å². The highest BCUT2D eigenvalue weighted by Gasteiger charge is 2.33. The molecule has 3 aromatic rings. The third-order valence-corrected chi connectivity index (χ3v) is 9.33. The van der Waals surface area contributed by atoms with E-state index in [1.54, 1.807) is 37.3 Å². The van der Waals surface area contributed by atoms with Gasteiger partial charge >= 0.3 is 0 Å². The molecule has 0 aromatic heterocycles. The minimum atomic E-state index is -4.06. The van der Waals surface area contributed by atoms with E-state index in [9.17, 15) is 18.0 Å². The molecule has 1 atom stereocenters. The smallest absolute Gasteiger partial charge is 0.264 e. The number of hydrogen-bond acceptors (Lipinski definition) is 4. The number of carbonyl (C=O) groups excluding carboxylic acids is 2. The molecule has 0 radical (unpaired) electrons. The molecule has 40 heavy (non-hydrogen) atoms. The quantitative estimate of drug-likeness (QED) is 0.347. The second-order valence-electron chi connectivity index (χ2n) is 10.5. The second kappa shape index (κ2) is 13.1. The number of sulfonamides is 1. The van der Waals surface area contributed by atoms with Gasteiger partial charge in [0.2, 0.25) is 11.8 Å². The summed E-state index contributed by atoms with van der Waals surface area (Å²) >= 11 is 0. The standard InChI is InChI=1S/C32H39N3O4S/c1-4-26-17-19-29(20-18-26)35(40(38,39)30-15-6-5-7-16-30)23-31(36)34(22-27-12-10-11-24(2)21-27)25(3)32(37)33-28-13-8-9-14-28/h5-7,10-12,15-21,25,28H,4,8-9,13-14,22-23H2,1-3H3,(H,33,37)/t25-/m0/s1. The fourth-order valence-corrected chi connectivity index (χ4v) is 6.56. The molecule has 1 aliphatic rings. The summed E-state index contributed by atoms with van der Waals surface area (Å²) in [6.07, 6.45) is 4.83. The van der Waals surface area contributed by atoms with E-state index in [4.69, 9.17) is 0 Å². The Morgan fingerprint density at radius 2 is 1.60 bits per heavy atom. The number of carbonyl (C=O) groups is 2. The zero-order valence-electron chi connectivity index (χ0n) is 23.5. The third-order valence-electron chi connectivity index (χ3n) is 7.55. The predicted molar refractivity (Wildman–Crippen MR) is 158 cm³/mol. The predicted octanol–water partition coefficient (Wildman–Crippen LogP) is 5.23. The molecule has 1 fully saturated rings. The van der Waals surface area contributed by atoms with Gasteiger partial charge in [-0.3, -0.25) is 13.9 Å². The number of benzene rings is 3. The van der Waals surface area contributed by atoms with Crippen LogP contribution >= 0.6 is 0 Å². The fraction of sp³-hybridized carbons (Fsp3) is 0.375. The van der Waals surface area contributed by atoms with Crippen molar-refractivity contribution in [3.8, 4) is 0 Å². The van der Waals surface area contributed by atoms with E-state index < -0.39 is 28.5 Å². The third kappa shape index (κ3) is 7.10. The summed E-state index contributed by atoms with van der Waals surface area (Å²) in [6.45, 7) is 5.46. The summed E-state index contributed by atoms with van der Waals surface area (Å²) in [5, 5.41) is 3.10. The van der Waals surface area contributed by atoms with Crippen molar-refractivity contribution >= 4 is 27.5 Å². The van der Waals surface area contributed by atoms with E-state index in [0.717, 1.165) is 53.1 Å². The van der Waals surface area contributed by atoms with Gasteiger partial charge in [0.25, 0.3) is 10.0 Å². The molecule has 1 N–H and O–H groups in total. The van der Waals surface area contributed by atoms with Crippen molar-refractivity contribution < 1.29 is 18.0 Å². The second-order valence-corrected chi connectivity index (χ2v) is 12.4. The Balaban J connectivity index is 1.68. The molecule has 0 spiro atoms. The van der Waals surface area contributed by atoms with Gasteiger partial charge in [-0.15, -0.1) is 0 Å². The van der Waals surface area contributed by atoms with Crippen LogP contribution in [0, 0.1) is 6.92 Å². The first-order valence-electron chi connectivity index (χ1n) is 14.0. The maximum Gasteiger partial charge on any atom is 0.264 e. The minimum Gasteiger partial charge on any atom is -0.352 e. The van der Waals surface area contributed by atoms with Gasteiger partial charge in [0, 0.05) is 12.6 Å². The Kier molecular flexibility index (Phi) is 9.63. The monoisotopic (exact) mass is 561 g/mol. The van der Waals surface area contributed by atoms with E-state index in [2.05, 4.69) is 5.32 Å². The maximum absolute atomic E-state index is 14.0. The highest BCUT2D eigenvalue weighted by atomic mass is 32.2. The Bertz CT molecular complexity index is 1400. The van der Waals surface area contributed by atoms with Crippen LogP contribution in [0.4, 0.5) is 5.69 Å². The first kappa shape index (κ1) is 29.3. The lowest BCUT2D eigenvalue weighted by molar-refractivity contribution is -0.139. The first-order valence-corrected chi connectivity index (χ1v) is 15.4. The highest BCUT2D eigenvalue weighted by molar-refractivity contribution is 7.92. The van der Waals surface area contributed by atoms with Crippen LogP contribution in [0.2, 0.25) is 0 Å². The largest absolute Gasteiger partial charge is 0.352 e. The Hall–Kier alpha value is -3.65. The number of aryl methyl sites for hydroxylation is 2. The zero-order valence-corrected chi connectivity index (χ0v) is 24.4. The molecule has 0 heterocycles. The van der Waals surface area contributed by atoms with Crippen molar-refractivity contribution in [2.45, 2.75) is 76.4 Å². The van der Waals surface area contributed by atoms with Gasteiger partial charge in [-0.05, 0) is 68.5 Å².